The molecule has 102 valence electrons. The summed E-state index contributed by atoms with van der Waals surface area (Å²) in [4.78, 5) is 0. The van der Waals surface area contributed by atoms with Crippen LogP contribution in [0.25, 0.3) is 0 Å². The molecule has 4 nitrogen and oxygen atoms in total. The maximum Gasteiger partial charge on any atom is 0.130 e. The Balaban J connectivity index is 2.13. The number of hydrogen-bond donors (Lipinski definition) is 1. The number of benzene rings is 1. The molecule has 1 aromatic carbocycles. The third-order valence-electron chi connectivity index (χ3n) is 3.23. The second-order valence-electron chi connectivity index (χ2n) is 4.74. The smallest absolute Gasteiger partial charge is 0.130 e. The van der Waals surface area contributed by atoms with Crippen LogP contribution in [0.2, 0.25) is 0 Å². The van der Waals surface area contributed by atoms with E-state index in [0.717, 1.165) is 29.1 Å². The number of para-hydroxylation sites is 1. The highest BCUT2D eigenvalue weighted by molar-refractivity contribution is 5.35. The minimum atomic E-state index is 0.0180. The summed E-state index contributed by atoms with van der Waals surface area (Å²) in [6.07, 6.45) is 0.894. The molecule has 0 aliphatic heterocycles. The van der Waals surface area contributed by atoms with Crippen LogP contribution in [-0.2, 0) is 13.7 Å². The zero-order valence-electron chi connectivity index (χ0n) is 11.8. The van der Waals surface area contributed by atoms with Gasteiger partial charge in [0.1, 0.15) is 12.4 Å². The highest BCUT2D eigenvalue weighted by atomic mass is 16.5. The van der Waals surface area contributed by atoms with Crippen LogP contribution in [0.5, 0.6) is 5.75 Å². The van der Waals surface area contributed by atoms with E-state index in [1.807, 2.05) is 49.0 Å². The Kier molecular flexibility index (Phi) is 4.22. The van der Waals surface area contributed by atoms with E-state index < -0.39 is 0 Å². The highest BCUT2D eigenvalue weighted by Gasteiger charge is 2.10. The lowest BCUT2D eigenvalue weighted by Gasteiger charge is -2.15. The van der Waals surface area contributed by atoms with Gasteiger partial charge < -0.3 is 10.5 Å². The molecule has 1 aromatic heterocycles. The molecule has 0 bridgehead atoms. The first kappa shape index (κ1) is 13.6. The standard InChI is InChI=1S/C15H21N3O/c1-4-14(16)13-7-5-6-8-15(13)19-10-12-9-11(2)17-18(12)3/h5-9,14H,4,10,16H2,1-3H3/t14-/m0/s1. The normalized spacial score (nSPS) is 12.4. The quantitative estimate of drug-likeness (QED) is 0.898. The molecule has 19 heavy (non-hydrogen) atoms. The first-order valence-corrected chi connectivity index (χ1v) is 6.58. The zero-order valence-corrected chi connectivity index (χ0v) is 11.8. The minimum Gasteiger partial charge on any atom is -0.487 e. The molecular weight excluding hydrogens is 238 g/mol. The van der Waals surface area contributed by atoms with Crippen LogP contribution < -0.4 is 10.5 Å². The van der Waals surface area contributed by atoms with Crippen molar-refractivity contribution in [2.45, 2.75) is 32.9 Å². The second kappa shape index (κ2) is 5.89. The fourth-order valence-corrected chi connectivity index (χ4v) is 2.09. The average molecular weight is 259 g/mol. The molecule has 0 aliphatic carbocycles. The molecule has 2 N–H and O–H groups in total. The number of rotatable bonds is 5. The van der Waals surface area contributed by atoms with Crippen LogP contribution in [0, 0.1) is 6.92 Å². The van der Waals surface area contributed by atoms with Gasteiger partial charge in [-0.1, -0.05) is 25.1 Å². The Hall–Kier alpha value is -1.81. The first-order valence-electron chi connectivity index (χ1n) is 6.58. The van der Waals surface area contributed by atoms with Gasteiger partial charge in [-0.05, 0) is 25.5 Å². The fourth-order valence-electron chi connectivity index (χ4n) is 2.09. The number of nitrogens with two attached hydrogens (primary N) is 1. The highest BCUT2D eigenvalue weighted by Crippen LogP contribution is 2.26. The average Bonchev–Trinajstić information content (AvgIpc) is 2.74. The Morgan fingerprint density at radius 1 is 1.37 bits per heavy atom. The van der Waals surface area contributed by atoms with Crippen molar-refractivity contribution in [2.24, 2.45) is 12.8 Å². The molecule has 0 spiro atoms. The molecule has 0 unspecified atom stereocenters. The number of aryl methyl sites for hydroxylation is 2. The van der Waals surface area contributed by atoms with Crippen LogP contribution in [-0.4, -0.2) is 9.78 Å². The Morgan fingerprint density at radius 2 is 2.11 bits per heavy atom. The molecule has 2 rings (SSSR count). The SMILES string of the molecule is CC[C@H](N)c1ccccc1OCc1cc(C)nn1C. The summed E-state index contributed by atoms with van der Waals surface area (Å²) in [6.45, 7) is 4.56. The van der Waals surface area contributed by atoms with Crippen molar-refractivity contribution in [3.8, 4) is 5.75 Å². The number of hydrogen-bond acceptors (Lipinski definition) is 3. The largest absolute Gasteiger partial charge is 0.487 e. The molecule has 0 amide bonds. The third-order valence-corrected chi connectivity index (χ3v) is 3.23. The van der Waals surface area contributed by atoms with Crippen molar-refractivity contribution >= 4 is 0 Å². The number of ether oxygens (including phenoxy) is 1. The first-order chi connectivity index (χ1) is 9.11. The fraction of sp³-hybridized carbons (Fsp3) is 0.400. The Morgan fingerprint density at radius 3 is 2.74 bits per heavy atom. The van der Waals surface area contributed by atoms with Gasteiger partial charge in [-0.15, -0.1) is 0 Å². The van der Waals surface area contributed by atoms with E-state index in [9.17, 15) is 0 Å². The molecule has 1 heterocycles. The molecule has 0 fully saturated rings. The van der Waals surface area contributed by atoms with Crippen molar-refractivity contribution in [1.82, 2.24) is 9.78 Å². The van der Waals surface area contributed by atoms with Gasteiger partial charge in [0, 0.05) is 18.7 Å². The van der Waals surface area contributed by atoms with Gasteiger partial charge in [-0.25, -0.2) is 0 Å². The van der Waals surface area contributed by atoms with E-state index in [1.165, 1.54) is 0 Å². The third kappa shape index (κ3) is 3.15. The van der Waals surface area contributed by atoms with Gasteiger partial charge in [0.15, 0.2) is 0 Å². The van der Waals surface area contributed by atoms with E-state index in [1.54, 1.807) is 0 Å². The van der Waals surface area contributed by atoms with Crippen LogP contribution in [0.15, 0.2) is 30.3 Å². The molecule has 4 heteroatoms. The van der Waals surface area contributed by atoms with Gasteiger partial charge in [0.2, 0.25) is 0 Å². The minimum absolute atomic E-state index is 0.0180. The van der Waals surface area contributed by atoms with Gasteiger partial charge in [0.25, 0.3) is 0 Å². The van der Waals surface area contributed by atoms with E-state index in [-0.39, 0.29) is 6.04 Å². The van der Waals surface area contributed by atoms with E-state index in [0.29, 0.717) is 6.61 Å². The van der Waals surface area contributed by atoms with Crippen molar-refractivity contribution in [2.75, 3.05) is 0 Å². The van der Waals surface area contributed by atoms with E-state index in [2.05, 4.69) is 12.0 Å². The predicted octanol–water partition coefficient (Wildman–Crippen LogP) is 2.72. The van der Waals surface area contributed by atoms with Crippen LogP contribution in [0.4, 0.5) is 0 Å². The molecule has 2 aromatic rings. The van der Waals surface area contributed by atoms with Crippen molar-refractivity contribution in [3.63, 3.8) is 0 Å². The zero-order chi connectivity index (χ0) is 13.8. The summed E-state index contributed by atoms with van der Waals surface area (Å²) >= 11 is 0. The number of aromatic nitrogens is 2. The van der Waals surface area contributed by atoms with E-state index in [4.69, 9.17) is 10.5 Å². The molecule has 0 saturated carbocycles. The summed E-state index contributed by atoms with van der Waals surface area (Å²) < 4.78 is 7.74. The van der Waals surface area contributed by atoms with Crippen LogP contribution in [0.1, 0.15) is 36.3 Å². The maximum atomic E-state index is 6.10. The molecule has 1 atom stereocenters. The monoisotopic (exact) mass is 259 g/mol. The summed E-state index contributed by atoms with van der Waals surface area (Å²) in [5.74, 6) is 0.857. The molecular formula is C15H21N3O. The van der Waals surface area contributed by atoms with Crippen molar-refractivity contribution < 1.29 is 4.74 Å². The number of nitrogens with zero attached hydrogens (tertiary/aromatic N) is 2. The summed E-state index contributed by atoms with van der Waals surface area (Å²) in [5.41, 5.74) is 9.21. The predicted molar refractivity (Wildman–Crippen MR) is 75.9 cm³/mol. The molecule has 0 radical (unpaired) electrons. The van der Waals surface area contributed by atoms with Gasteiger partial charge in [-0.2, -0.15) is 5.10 Å². The Bertz CT molecular complexity index is 548. The molecule has 0 saturated heterocycles. The maximum absolute atomic E-state index is 6.10. The summed E-state index contributed by atoms with van der Waals surface area (Å²) in [7, 11) is 1.93. The van der Waals surface area contributed by atoms with Crippen molar-refractivity contribution in [3.05, 3.63) is 47.3 Å². The van der Waals surface area contributed by atoms with Gasteiger partial charge in [-0.3, -0.25) is 4.68 Å². The van der Waals surface area contributed by atoms with E-state index >= 15 is 0 Å². The Labute approximate surface area is 114 Å². The lowest BCUT2D eigenvalue weighted by atomic mass is 10.0. The summed E-state index contributed by atoms with van der Waals surface area (Å²) in [6, 6.07) is 10.0. The summed E-state index contributed by atoms with van der Waals surface area (Å²) in [5, 5.41) is 4.31. The van der Waals surface area contributed by atoms with Crippen LogP contribution in [0.3, 0.4) is 0 Å². The lowest BCUT2D eigenvalue weighted by molar-refractivity contribution is 0.290. The lowest BCUT2D eigenvalue weighted by Crippen LogP contribution is -2.11. The van der Waals surface area contributed by atoms with Crippen molar-refractivity contribution in [1.29, 1.82) is 0 Å². The van der Waals surface area contributed by atoms with Gasteiger partial charge >= 0.3 is 0 Å². The topological polar surface area (TPSA) is 53.1 Å². The second-order valence-corrected chi connectivity index (χ2v) is 4.74. The van der Waals surface area contributed by atoms with Gasteiger partial charge in [0.05, 0.1) is 11.4 Å². The van der Waals surface area contributed by atoms with Crippen LogP contribution >= 0.6 is 0 Å². The molecule has 0 aliphatic rings.